The highest BCUT2D eigenvalue weighted by atomic mass is 35.5. The largest absolute Gasteiger partial charge is 0.307 e. The summed E-state index contributed by atoms with van der Waals surface area (Å²) in [5, 5.41) is 2.22. The molecule has 0 atom stereocenters. The third-order valence-electron chi connectivity index (χ3n) is 4.65. The molecule has 1 aliphatic rings. The maximum Gasteiger partial charge on any atom is 0.268 e. The van der Waals surface area contributed by atoms with Crippen molar-refractivity contribution in [3.05, 3.63) is 74.9 Å². The van der Waals surface area contributed by atoms with Crippen LogP contribution in [0.15, 0.2) is 58.8 Å². The summed E-state index contributed by atoms with van der Waals surface area (Å²) in [5.41, 5.74) is 2.77. The van der Waals surface area contributed by atoms with Gasteiger partial charge in [0.25, 0.3) is 15.9 Å². The van der Waals surface area contributed by atoms with Gasteiger partial charge in [0, 0.05) is 17.3 Å². The number of halogens is 1. The maximum atomic E-state index is 12.8. The van der Waals surface area contributed by atoms with Gasteiger partial charge in [0.2, 0.25) is 0 Å². The van der Waals surface area contributed by atoms with Crippen LogP contribution in [0.3, 0.4) is 0 Å². The van der Waals surface area contributed by atoms with E-state index in [2.05, 4.69) is 4.72 Å². The Balaban J connectivity index is 1.65. The molecular formula is C20H17ClN2O3S2. The number of sulfonamides is 1. The third-order valence-corrected chi connectivity index (χ3v) is 7.27. The number of nitrogens with zero attached hydrogens (tertiary/aromatic N) is 1. The Hall–Kier alpha value is -2.35. The third kappa shape index (κ3) is 3.53. The van der Waals surface area contributed by atoms with Crippen LogP contribution in [0.2, 0.25) is 5.02 Å². The van der Waals surface area contributed by atoms with Gasteiger partial charge in [0.15, 0.2) is 0 Å². The highest BCUT2D eigenvalue weighted by Gasteiger charge is 2.27. The molecule has 3 aromatic rings. The average Bonchev–Trinajstić information content (AvgIpc) is 3.32. The number of benzene rings is 2. The van der Waals surface area contributed by atoms with Crippen molar-refractivity contribution in [2.45, 2.75) is 18.2 Å². The molecule has 0 saturated heterocycles. The van der Waals surface area contributed by atoms with Crippen molar-refractivity contribution < 1.29 is 13.2 Å². The normalized spacial score (nSPS) is 13.4. The number of hydrogen-bond donors (Lipinski definition) is 1. The van der Waals surface area contributed by atoms with E-state index < -0.39 is 10.0 Å². The molecular weight excluding hydrogens is 416 g/mol. The van der Waals surface area contributed by atoms with E-state index in [1.54, 1.807) is 42.2 Å². The monoisotopic (exact) mass is 432 g/mol. The lowest BCUT2D eigenvalue weighted by Gasteiger charge is -2.18. The molecule has 1 N–H and O–H groups in total. The molecule has 5 nitrogen and oxygen atoms in total. The molecule has 0 unspecified atom stereocenters. The van der Waals surface area contributed by atoms with E-state index in [0.717, 1.165) is 17.7 Å². The summed E-state index contributed by atoms with van der Waals surface area (Å²) in [7, 11) is -3.80. The smallest absolute Gasteiger partial charge is 0.268 e. The minimum absolute atomic E-state index is 0.0700. The summed E-state index contributed by atoms with van der Waals surface area (Å²) < 4.78 is 28.3. The molecule has 1 aliphatic heterocycles. The van der Waals surface area contributed by atoms with E-state index in [0.29, 0.717) is 27.7 Å². The van der Waals surface area contributed by atoms with Crippen molar-refractivity contribution in [2.24, 2.45) is 0 Å². The van der Waals surface area contributed by atoms with Crippen LogP contribution < -0.4 is 9.62 Å². The van der Waals surface area contributed by atoms with Crippen molar-refractivity contribution in [3.8, 4) is 0 Å². The molecule has 2 aromatic carbocycles. The first-order chi connectivity index (χ1) is 13.3. The molecule has 1 amide bonds. The number of anilines is 2. The Kier molecular flexibility index (Phi) is 4.91. The molecule has 144 valence electrons. The molecule has 28 heavy (non-hydrogen) atoms. The summed E-state index contributed by atoms with van der Waals surface area (Å²) in [4.78, 5) is 15.2. The number of rotatable bonds is 4. The van der Waals surface area contributed by atoms with Crippen molar-refractivity contribution in [1.29, 1.82) is 0 Å². The Morgan fingerprint density at radius 2 is 2.00 bits per heavy atom. The lowest BCUT2D eigenvalue weighted by atomic mass is 10.1. The minimum atomic E-state index is -3.80. The van der Waals surface area contributed by atoms with E-state index in [9.17, 15) is 13.2 Å². The van der Waals surface area contributed by atoms with E-state index >= 15 is 0 Å². The molecule has 4 rings (SSSR count). The summed E-state index contributed by atoms with van der Waals surface area (Å²) in [6.45, 7) is 2.30. The molecule has 1 aromatic heterocycles. The first kappa shape index (κ1) is 19.0. The van der Waals surface area contributed by atoms with Gasteiger partial charge in [-0.3, -0.25) is 9.52 Å². The van der Waals surface area contributed by atoms with Crippen molar-refractivity contribution in [2.75, 3.05) is 16.2 Å². The Labute approximate surface area is 172 Å². The number of fused-ring (bicyclic) bond motifs is 1. The van der Waals surface area contributed by atoms with Crippen LogP contribution in [0.1, 0.15) is 20.8 Å². The molecule has 0 fully saturated rings. The average molecular weight is 433 g/mol. The molecule has 8 heteroatoms. The second-order valence-electron chi connectivity index (χ2n) is 6.54. The second kappa shape index (κ2) is 7.24. The molecule has 0 radical (unpaired) electrons. The summed E-state index contributed by atoms with van der Waals surface area (Å²) >= 11 is 7.36. The molecule has 0 aliphatic carbocycles. The minimum Gasteiger partial charge on any atom is -0.307 e. The number of thiophene rings is 1. The van der Waals surface area contributed by atoms with E-state index in [4.69, 9.17) is 11.6 Å². The molecule has 0 bridgehead atoms. The van der Waals surface area contributed by atoms with Gasteiger partial charge in [0.1, 0.15) is 0 Å². The van der Waals surface area contributed by atoms with Crippen LogP contribution in [-0.4, -0.2) is 20.9 Å². The second-order valence-corrected chi connectivity index (χ2v) is 9.58. The van der Waals surface area contributed by atoms with Gasteiger partial charge in [0.05, 0.1) is 15.5 Å². The SMILES string of the molecule is Cc1ccc(Cl)cc1S(=O)(=O)Nc1ccc2c(c1)N(C(=O)c1cccs1)CC2. The van der Waals surface area contributed by atoms with Crippen LogP contribution in [-0.2, 0) is 16.4 Å². The predicted octanol–water partition coefficient (Wildman–Crippen LogP) is 4.71. The molecule has 0 spiro atoms. The van der Waals surface area contributed by atoms with Crippen molar-refractivity contribution in [1.82, 2.24) is 0 Å². The number of aryl methyl sites for hydroxylation is 1. The van der Waals surface area contributed by atoms with Gasteiger partial charge in [-0.2, -0.15) is 0 Å². The van der Waals surface area contributed by atoms with Crippen LogP contribution in [0.4, 0.5) is 11.4 Å². The van der Waals surface area contributed by atoms with Gasteiger partial charge in [-0.05, 0) is 60.2 Å². The fraction of sp³-hybridized carbons (Fsp3) is 0.150. The van der Waals surface area contributed by atoms with Gasteiger partial charge in [-0.1, -0.05) is 29.8 Å². The zero-order valence-electron chi connectivity index (χ0n) is 15.0. The summed E-state index contributed by atoms with van der Waals surface area (Å²) in [5.74, 6) is -0.0700. The standard InChI is InChI=1S/C20H17ClN2O3S2/c1-13-4-6-15(21)11-19(13)28(25,26)22-16-7-5-14-8-9-23(17(14)12-16)20(24)18-3-2-10-27-18/h2-7,10-12,22H,8-9H2,1H3. The van der Waals surface area contributed by atoms with Gasteiger partial charge >= 0.3 is 0 Å². The van der Waals surface area contributed by atoms with Crippen LogP contribution in [0, 0.1) is 6.92 Å². The summed E-state index contributed by atoms with van der Waals surface area (Å²) in [6, 6.07) is 13.7. The first-order valence-corrected chi connectivity index (χ1v) is 11.4. The zero-order chi connectivity index (χ0) is 19.9. The lowest BCUT2D eigenvalue weighted by Crippen LogP contribution is -2.28. The maximum absolute atomic E-state index is 12.8. The van der Waals surface area contributed by atoms with Crippen molar-refractivity contribution in [3.63, 3.8) is 0 Å². The fourth-order valence-electron chi connectivity index (χ4n) is 3.26. The topological polar surface area (TPSA) is 66.5 Å². The van der Waals surface area contributed by atoms with Gasteiger partial charge in [-0.25, -0.2) is 8.42 Å². The molecule has 2 heterocycles. The highest BCUT2D eigenvalue weighted by Crippen LogP contribution is 2.33. The van der Waals surface area contributed by atoms with Gasteiger partial charge < -0.3 is 4.90 Å². The fourth-order valence-corrected chi connectivity index (χ4v) is 5.49. The molecule has 0 saturated carbocycles. The predicted molar refractivity (Wildman–Crippen MR) is 113 cm³/mol. The van der Waals surface area contributed by atoms with E-state index in [-0.39, 0.29) is 10.8 Å². The Bertz CT molecular complexity index is 1160. The van der Waals surface area contributed by atoms with Crippen molar-refractivity contribution >= 4 is 50.2 Å². The number of amides is 1. The number of nitrogens with one attached hydrogen (secondary N) is 1. The Morgan fingerprint density at radius 3 is 2.75 bits per heavy atom. The zero-order valence-corrected chi connectivity index (χ0v) is 17.4. The number of hydrogen-bond acceptors (Lipinski definition) is 4. The first-order valence-electron chi connectivity index (χ1n) is 8.62. The Morgan fingerprint density at radius 1 is 1.18 bits per heavy atom. The van der Waals surface area contributed by atoms with E-state index in [1.165, 1.54) is 17.4 Å². The van der Waals surface area contributed by atoms with Crippen LogP contribution in [0.25, 0.3) is 0 Å². The van der Waals surface area contributed by atoms with E-state index in [1.807, 2.05) is 17.5 Å². The summed E-state index contributed by atoms with van der Waals surface area (Å²) in [6.07, 6.45) is 0.743. The van der Waals surface area contributed by atoms with Crippen LogP contribution in [0.5, 0.6) is 0 Å². The highest BCUT2D eigenvalue weighted by molar-refractivity contribution is 7.92. The lowest BCUT2D eigenvalue weighted by molar-refractivity contribution is 0.0993. The number of carbonyl (C=O) groups is 1. The number of carbonyl (C=O) groups excluding carboxylic acids is 1. The quantitative estimate of drug-likeness (QED) is 0.649. The van der Waals surface area contributed by atoms with Crippen LogP contribution >= 0.6 is 22.9 Å². The van der Waals surface area contributed by atoms with Gasteiger partial charge in [-0.15, -0.1) is 11.3 Å².